The fourth-order valence-electron chi connectivity index (χ4n) is 1.49. The van der Waals surface area contributed by atoms with E-state index in [2.05, 4.69) is 0 Å². The first kappa shape index (κ1) is 8.22. The standard InChI is InChI=1S/C9H10N2O2/c10-4-6-1-2-8-7(3-6)5-11(13)9(8)12/h1-3,13H,4-5,10H2. The van der Waals surface area contributed by atoms with Crippen molar-refractivity contribution in [2.45, 2.75) is 13.1 Å². The number of hydroxylamine groups is 2. The van der Waals surface area contributed by atoms with Crippen LogP contribution in [0.25, 0.3) is 0 Å². The van der Waals surface area contributed by atoms with Gasteiger partial charge in [0.1, 0.15) is 0 Å². The number of nitrogens with two attached hydrogens (primary N) is 1. The molecular formula is C9H10N2O2. The summed E-state index contributed by atoms with van der Waals surface area (Å²) in [4.78, 5) is 11.2. The molecule has 1 aromatic rings. The first-order valence-electron chi connectivity index (χ1n) is 4.05. The molecule has 4 heteroatoms. The molecule has 3 N–H and O–H groups in total. The van der Waals surface area contributed by atoms with Gasteiger partial charge in [0.05, 0.1) is 6.54 Å². The summed E-state index contributed by atoms with van der Waals surface area (Å²) in [5, 5.41) is 9.85. The predicted molar refractivity (Wildman–Crippen MR) is 46.0 cm³/mol. The van der Waals surface area contributed by atoms with E-state index in [-0.39, 0.29) is 12.5 Å². The zero-order chi connectivity index (χ0) is 9.42. The molecule has 4 nitrogen and oxygen atoms in total. The molecule has 1 aliphatic rings. The summed E-state index contributed by atoms with van der Waals surface area (Å²) < 4.78 is 0. The van der Waals surface area contributed by atoms with Crippen LogP contribution in [0.3, 0.4) is 0 Å². The van der Waals surface area contributed by atoms with Crippen molar-refractivity contribution in [1.82, 2.24) is 5.06 Å². The maximum atomic E-state index is 11.2. The number of carbonyl (C=O) groups is 1. The predicted octanol–water partition coefficient (Wildman–Crippen LogP) is 0.490. The molecule has 1 aliphatic heterocycles. The van der Waals surface area contributed by atoms with Gasteiger partial charge in [-0.2, -0.15) is 0 Å². The highest BCUT2D eigenvalue weighted by Crippen LogP contribution is 2.21. The first-order chi connectivity index (χ1) is 6.22. The van der Waals surface area contributed by atoms with Crippen molar-refractivity contribution in [3.05, 3.63) is 34.9 Å². The number of hydrogen-bond donors (Lipinski definition) is 2. The number of benzene rings is 1. The molecule has 1 aromatic carbocycles. The van der Waals surface area contributed by atoms with E-state index >= 15 is 0 Å². The van der Waals surface area contributed by atoms with Gasteiger partial charge < -0.3 is 5.73 Å². The molecule has 0 saturated heterocycles. The van der Waals surface area contributed by atoms with Crippen LogP contribution in [0, 0.1) is 0 Å². The lowest BCUT2D eigenvalue weighted by atomic mass is 10.1. The summed E-state index contributed by atoms with van der Waals surface area (Å²) in [7, 11) is 0. The molecule has 0 spiro atoms. The minimum Gasteiger partial charge on any atom is -0.326 e. The Balaban J connectivity index is 2.46. The number of carbonyl (C=O) groups excluding carboxylic acids is 1. The van der Waals surface area contributed by atoms with Crippen LogP contribution in [0.15, 0.2) is 18.2 Å². The normalized spacial score (nSPS) is 14.9. The van der Waals surface area contributed by atoms with Gasteiger partial charge in [0.25, 0.3) is 5.91 Å². The molecule has 0 atom stereocenters. The average Bonchev–Trinajstić information content (AvgIpc) is 2.42. The van der Waals surface area contributed by atoms with Gasteiger partial charge in [-0.3, -0.25) is 10.0 Å². The highest BCUT2D eigenvalue weighted by molar-refractivity contribution is 5.97. The third-order valence-corrected chi connectivity index (χ3v) is 2.19. The third-order valence-electron chi connectivity index (χ3n) is 2.19. The van der Waals surface area contributed by atoms with Crippen LogP contribution in [0.5, 0.6) is 0 Å². The first-order valence-corrected chi connectivity index (χ1v) is 4.05. The second kappa shape index (κ2) is 2.83. The number of amides is 1. The minimum absolute atomic E-state index is 0.266. The minimum atomic E-state index is -0.335. The molecule has 0 saturated carbocycles. The second-order valence-corrected chi connectivity index (χ2v) is 3.06. The fourth-order valence-corrected chi connectivity index (χ4v) is 1.49. The van der Waals surface area contributed by atoms with Crippen LogP contribution in [0.2, 0.25) is 0 Å². The molecule has 1 heterocycles. The van der Waals surface area contributed by atoms with Crippen LogP contribution in [0.1, 0.15) is 21.5 Å². The summed E-state index contributed by atoms with van der Waals surface area (Å²) in [5.74, 6) is -0.335. The average molecular weight is 178 g/mol. The van der Waals surface area contributed by atoms with Crippen molar-refractivity contribution in [2.75, 3.05) is 0 Å². The molecule has 2 rings (SSSR count). The van der Waals surface area contributed by atoms with E-state index < -0.39 is 0 Å². The number of fused-ring (bicyclic) bond motifs is 1. The summed E-state index contributed by atoms with van der Waals surface area (Å²) >= 11 is 0. The van der Waals surface area contributed by atoms with E-state index in [1.807, 2.05) is 6.07 Å². The lowest BCUT2D eigenvalue weighted by molar-refractivity contribution is -0.0579. The lowest BCUT2D eigenvalue weighted by Gasteiger charge is -2.01. The van der Waals surface area contributed by atoms with Gasteiger partial charge in [0, 0.05) is 12.1 Å². The smallest absolute Gasteiger partial charge is 0.277 e. The SMILES string of the molecule is NCc1ccc2c(c1)CN(O)C2=O. The molecule has 0 aromatic heterocycles. The zero-order valence-corrected chi connectivity index (χ0v) is 7.03. The maximum absolute atomic E-state index is 11.2. The Hall–Kier alpha value is -1.39. The number of hydrogen-bond acceptors (Lipinski definition) is 3. The van der Waals surface area contributed by atoms with Crippen LogP contribution in [0.4, 0.5) is 0 Å². The van der Waals surface area contributed by atoms with Crippen LogP contribution < -0.4 is 5.73 Å². The molecular weight excluding hydrogens is 168 g/mol. The van der Waals surface area contributed by atoms with Crippen molar-refractivity contribution in [3.8, 4) is 0 Å². The van der Waals surface area contributed by atoms with Gasteiger partial charge in [-0.05, 0) is 17.2 Å². The molecule has 68 valence electrons. The monoisotopic (exact) mass is 178 g/mol. The Bertz CT molecular complexity index is 363. The number of rotatable bonds is 1. The highest BCUT2D eigenvalue weighted by Gasteiger charge is 2.25. The maximum Gasteiger partial charge on any atom is 0.277 e. The van der Waals surface area contributed by atoms with Gasteiger partial charge in [0.2, 0.25) is 0 Å². The van der Waals surface area contributed by atoms with E-state index in [9.17, 15) is 4.79 Å². The van der Waals surface area contributed by atoms with Crippen molar-refractivity contribution in [1.29, 1.82) is 0 Å². The van der Waals surface area contributed by atoms with Gasteiger partial charge in [-0.25, -0.2) is 5.06 Å². The zero-order valence-electron chi connectivity index (χ0n) is 7.03. The van der Waals surface area contributed by atoms with E-state index in [1.54, 1.807) is 12.1 Å². The van der Waals surface area contributed by atoms with Gasteiger partial charge in [-0.15, -0.1) is 0 Å². The van der Waals surface area contributed by atoms with E-state index in [4.69, 9.17) is 10.9 Å². The highest BCUT2D eigenvalue weighted by atomic mass is 16.5. The van der Waals surface area contributed by atoms with E-state index in [0.717, 1.165) is 11.1 Å². The Morgan fingerprint density at radius 3 is 3.00 bits per heavy atom. The van der Waals surface area contributed by atoms with Crippen molar-refractivity contribution in [3.63, 3.8) is 0 Å². The van der Waals surface area contributed by atoms with Gasteiger partial charge in [-0.1, -0.05) is 12.1 Å². The van der Waals surface area contributed by atoms with Crippen LogP contribution in [-0.4, -0.2) is 16.2 Å². The summed E-state index contributed by atoms with van der Waals surface area (Å²) in [6, 6.07) is 5.36. The fraction of sp³-hybridized carbons (Fsp3) is 0.222. The van der Waals surface area contributed by atoms with Crippen LogP contribution >= 0.6 is 0 Å². The van der Waals surface area contributed by atoms with Gasteiger partial charge >= 0.3 is 0 Å². The number of nitrogens with zero attached hydrogens (tertiary/aromatic N) is 1. The summed E-state index contributed by atoms with van der Waals surface area (Å²) in [6.07, 6.45) is 0. The molecule has 0 radical (unpaired) electrons. The van der Waals surface area contributed by atoms with Crippen LogP contribution in [-0.2, 0) is 13.1 Å². The summed E-state index contributed by atoms with van der Waals surface area (Å²) in [6.45, 7) is 0.717. The van der Waals surface area contributed by atoms with Gasteiger partial charge in [0.15, 0.2) is 0 Å². The topological polar surface area (TPSA) is 66.6 Å². The Morgan fingerprint density at radius 2 is 2.31 bits per heavy atom. The molecule has 13 heavy (non-hydrogen) atoms. The molecule has 0 bridgehead atoms. The summed E-state index contributed by atoms with van der Waals surface area (Å²) in [5.41, 5.74) is 7.84. The molecule has 0 aliphatic carbocycles. The Morgan fingerprint density at radius 1 is 1.54 bits per heavy atom. The van der Waals surface area contributed by atoms with Crippen molar-refractivity contribution >= 4 is 5.91 Å². The Labute approximate surface area is 75.5 Å². The Kier molecular flexibility index (Phi) is 1.79. The molecule has 0 fully saturated rings. The quantitative estimate of drug-likeness (QED) is 0.615. The largest absolute Gasteiger partial charge is 0.326 e. The van der Waals surface area contributed by atoms with Crippen molar-refractivity contribution < 1.29 is 10.0 Å². The molecule has 0 unspecified atom stereocenters. The lowest BCUT2D eigenvalue weighted by Crippen LogP contribution is -2.18. The second-order valence-electron chi connectivity index (χ2n) is 3.06. The van der Waals surface area contributed by atoms with E-state index in [1.165, 1.54) is 0 Å². The molecule has 1 amide bonds. The van der Waals surface area contributed by atoms with E-state index in [0.29, 0.717) is 17.2 Å². The van der Waals surface area contributed by atoms with Crippen molar-refractivity contribution in [2.24, 2.45) is 5.73 Å². The third kappa shape index (κ3) is 1.20.